The highest BCUT2D eigenvalue weighted by molar-refractivity contribution is 5.99. The first-order chi connectivity index (χ1) is 12.1. The Morgan fingerprint density at radius 3 is 2.40 bits per heavy atom. The Morgan fingerprint density at radius 1 is 1.08 bits per heavy atom. The predicted octanol–water partition coefficient (Wildman–Crippen LogP) is 3.13. The molecule has 0 fully saturated rings. The van der Waals surface area contributed by atoms with Crippen LogP contribution < -0.4 is 10.6 Å². The fourth-order valence-corrected chi connectivity index (χ4v) is 2.45. The minimum atomic E-state index is -0.744. The molecule has 1 atom stereocenters. The minimum Gasteiger partial charge on any atom is -0.352 e. The van der Waals surface area contributed by atoms with E-state index in [0.29, 0.717) is 17.7 Å². The van der Waals surface area contributed by atoms with Crippen LogP contribution in [0.3, 0.4) is 0 Å². The van der Waals surface area contributed by atoms with Gasteiger partial charge in [-0.3, -0.25) is 9.59 Å². The largest absolute Gasteiger partial charge is 0.352 e. The molecule has 0 saturated heterocycles. The molecule has 0 aliphatic heterocycles. The highest BCUT2D eigenvalue weighted by Gasteiger charge is 2.17. The lowest BCUT2D eigenvalue weighted by atomic mass is 10.0. The van der Waals surface area contributed by atoms with Crippen LogP contribution in [0.15, 0.2) is 48.5 Å². The summed E-state index contributed by atoms with van der Waals surface area (Å²) >= 11 is 0. The molecule has 0 heterocycles. The molecule has 5 nitrogen and oxygen atoms in total. The van der Waals surface area contributed by atoms with Crippen LogP contribution in [-0.4, -0.2) is 18.4 Å². The molecule has 2 N–H and O–H groups in total. The molecule has 0 aliphatic carbocycles. The van der Waals surface area contributed by atoms with Crippen LogP contribution >= 0.6 is 0 Å². The zero-order valence-electron chi connectivity index (χ0n) is 14.4. The van der Waals surface area contributed by atoms with E-state index in [-0.39, 0.29) is 11.8 Å². The quantitative estimate of drug-likeness (QED) is 0.851. The Balaban J connectivity index is 2.16. The van der Waals surface area contributed by atoms with Gasteiger partial charge in [-0.2, -0.15) is 5.26 Å². The summed E-state index contributed by atoms with van der Waals surface area (Å²) in [5.41, 5.74) is 2.46. The molecular weight excluding hydrogens is 314 g/mol. The third-order valence-corrected chi connectivity index (χ3v) is 3.83. The maximum atomic E-state index is 12.5. The Bertz CT molecular complexity index is 809. The molecule has 25 heavy (non-hydrogen) atoms. The number of hydrogen-bond donors (Lipinski definition) is 2. The van der Waals surface area contributed by atoms with Gasteiger partial charge in [-0.1, -0.05) is 37.3 Å². The third kappa shape index (κ3) is 4.67. The Labute approximate surface area is 147 Å². The van der Waals surface area contributed by atoms with Crippen LogP contribution in [0, 0.1) is 18.3 Å². The van der Waals surface area contributed by atoms with Crippen molar-refractivity contribution >= 4 is 11.8 Å². The van der Waals surface area contributed by atoms with Crippen molar-refractivity contribution in [3.63, 3.8) is 0 Å². The van der Waals surface area contributed by atoms with Crippen molar-refractivity contribution < 1.29 is 9.59 Å². The summed E-state index contributed by atoms with van der Waals surface area (Å²) in [6.07, 6.45) is 0.839. The van der Waals surface area contributed by atoms with Crippen molar-refractivity contribution in [1.82, 2.24) is 10.6 Å². The Kier molecular flexibility index (Phi) is 6.30. The highest BCUT2D eigenvalue weighted by Crippen LogP contribution is 2.17. The highest BCUT2D eigenvalue weighted by atomic mass is 16.2. The number of nitriles is 1. The van der Waals surface area contributed by atoms with E-state index in [2.05, 4.69) is 16.7 Å². The molecule has 0 spiro atoms. The van der Waals surface area contributed by atoms with Gasteiger partial charge >= 0.3 is 0 Å². The average molecular weight is 335 g/mol. The molecular formula is C20H21N3O2. The van der Waals surface area contributed by atoms with E-state index in [9.17, 15) is 14.9 Å². The third-order valence-electron chi connectivity index (χ3n) is 3.83. The van der Waals surface area contributed by atoms with Gasteiger partial charge < -0.3 is 10.6 Å². The lowest BCUT2D eigenvalue weighted by molar-refractivity contribution is 0.0945. The van der Waals surface area contributed by atoms with Crippen molar-refractivity contribution in [3.8, 4) is 6.07 Å². The van der Waals surface area contributed by atoms with Crippen LogP contribution in [0.4, 0.5) is 0 Å². The topological polar surface area (TPSA) is 82.0 Å². The fraction of sp³-hybridized carbons (Fsp3) is 0.250. The Hall–Kier alpha value is -3.13. The molecule has 0 aliphatic rings. The lowest BCUT2D eigenvalue weighted by Crippen LogP contribution is -2.29. The zero-order valence-corrected chi connectivity index (χ0v) is 14.4. The molecule has 0 aromatic heterocycles. The van der Waals surface area contributed by atoms with Crippen molar-refractivity contribution in [2.75, 3.05) is 6.54 Å². The number of amides is 2. The lowest BCUT2D eigenvalue weighted by Gasteiger charge is -2.14. The number of nitrogens with one attached hydrogen (secondary N) is 2. The summed E-state index contributed by atoms with van der Waals surface area (Å²) in [5, 5.41) is 14.9. The molecule has 0 saturated carbocycles. The van der Waals surface area contributed by atoms with E-state index < -0.39 is 6.04 Å². The first-order valence-electron chi connectivity index (χ1n) is 8.21. The summed E-state index contributed by atoms with van der Waals surface area (Å²) < 4.78 is 0. The first-order valence-corrected chi connectivity index (χ1v) is 8.21. The first kappa shape index (κ1) is 18.2. The van der Waals surface area contributed by atoms with Gasteiger partial charge in [0, 0.05) is 17.7 Å². The van der Waals surface area contributed by atoms with Gasteiger partial charge in [-0.25, -0.2) is 0 Å². The van der Waals surface area contributed by atoms with Crippen molar-refractivity contribution in [2.24, 2.45) is 0 Å². The average Bonchev–Trinajstić information content (AvgIpc) is 2.64. The van der Waals surface area contributed by atoms with Gasteiger partial charge in [0.25, 0.3) is 11.8 Å². The van der Waals surface area contributed by atoms with Gasteiger partial charge in [0.15, 0.2) is 0 Å². The SMILES string of the molecule is CCCNC(=O)c1cccc(C(=O)NC(C#N)c2ccccc2C)c1. The number of rotatable bonds is 6. The summed E-state index contributed by atoms with van der Waals surface area (Å²) in [6, 6.07) is 15.3. The fourth-order valence-electron chi connectivity index (χ4n) is 2.45. The molecule has 0 bridgehead atoms. The molecule has 2 amide bonds. The summed E-state index contributed by atoms with van der Waals surface area (Å²) in [7, 11) is 0. The van der Waals surface area contributed by atoms with Crippen LogP contribution in [-0.2, 0) is 0 Å². The van der Waals surface area contributed by atoms with Crippen LogP contribution in [0.1, 0.15) is 51.2 Å². The second-order valence-electron chi connectivity index (χ2n) is 5.73. The monoisotopic (exact) mass is 335 g/mol. The molecule has 1 unspecified atom stereocenters. The van der Waals surface area contributed by atoms with Crippen molar-refractivity contribution in [3.05, 3.63) is 70.8 Å². The van der Waals surface area contributed by atoms with E-state index in [0.717, 1.165) is 17.5 Å². The standard InChI is InChI=1S/C20H21N3O2/c1-3-11-22-19(24)15-8-6-9-16(12-15)20(25)23-18(13-21)17-10-5-4-7-14(17)2/h4-10,12,18H,3,11H2,1-2H3,(H,22,24)(H,23,25). The number of carbonyl (C=O) groups excluding carboxylic acids is 2. The number of nitrogens with zero attached hydrogens (tertiary/aromatic N) is 1. The van der Waals surface area contributed by atoms with Crippen LogP contribution in [0.2, 0.25) is 0 Å². The van der Waals surface area contributed by atoms with E-state index in [1.165, 1.54) is 6.07 Å². The Morgan fingerprint density at radius 2 is 1.76 bits per heavy atom. The van der Waals surface area contributed by atoms with E-state index in [1.807, 2.05) is 38.1 Å². The zero-order chi connectivity index (χ0) is 18.2. The maximum absolute atomic E-state index is 12.5. The number of benzene rings is 2. The van der Waals surface area contributed by atoms with E-state index in [4.69, 9.17) is 0 Å². The second kappa shape index (κ2) is 8.65. The van der Waals surface area contributed by atoms with Gasteiger partial charge in [0.1, 0.15) is 6.04 Å². The molecule has 2 rings (SSSR count). The van der Waals surface area contributed by atoms with Gasteiger partial charge in [0.2, 0.25) is 0 Å². The number of hydrogen-bond acceptors (Lipinski definition) is 3. The summed E-state index contributed by atoms with van der Waals surface area (Å²) in [6.45, 7) is 4.45. The smallest absolute Gasteiger partial charge is 0.252 e. The van der Waals surface area contributed by atoms with Gasteiger partial charge in [0.05, 0.1) is 6.07 Å². The molecule has 2 aromatic rings. The number of aryl methyl sites for hydroxylation is 1. The minimum absolute atomic E-state index is 0.216. The summed E-state index contributed by atoms with van der Waals surface area (Å²) in [4.78, 5) is 24.5. The van der Waals surface area contributed by atoms with Crippen LogP contribution in [0.25, 0.3) is 0 Å². The molecule has 5 heteroatoms. The van der Waals surface area contributed by atoms with E-state index >= 15 is 0 Å². The normalized spacial score (nSPS) is 11.2. The maximum Gasteiger partial charge on any atom is 0.252 e. The molecule has 128 valence electrons. The second-order valence-corrected chi connectivity index (χ2v) is 5.73. The molecule has 2 aromatic carbocycles. The number of carbonyl (C=O) groups is 2. The van der Waals surface area contributed by atoms with Gasteiger partial charge in [-0.05, 0) is 42.7 Å². The van der Waals surface area contributed by atoms with Crippen LogP contribution in [0.5, 0.6) is 0 Å². The van der Waals surface area contributed by atoms with Crippen molar-refractivity contribution in [1.29, 1.82) is 5.26 Å². The predicted molar refractivity (Wildman–Crippen MR) is 96.1 cm³/mol. The van der Waals surface area contributed by atoms with Crippen molar-refractivity contribution in [2.45, 2.75) is 26.3 Å². The molecule has 0 radical (unpaired) electrons. The summed E-state index contributed by atoms with van der Waals surface area (Å²) in [5.74, 6) is -0.604. The van der Waals surface area contributed by atoms with E-state index in [1.54, 1.807) is 18.2 Å². The van der Waals surface area contributed by atoms with Gasteiger partial charge in [-0.15, -0.1) is 0 Å².